The average molecular weight is 356 g/mol. The summed E-state index contributed by atoms with van der Waals surface area (Å²) in [6, 6.07) is 9.91. The van der Waals surface area contributed by atoms with Crippen LogP contribution in [0.15, 0.2) is 30.3 Å². The molecule has 1 aromatic heterocycles. The van der Waals surface area contributed by atoms with Crippen LogP contribution in [0.25, 0.3) is 5.69 Å². The van der Waals surface area contributed by atoms with E-state index in [0.717, 1.165) is 22.6 Å². The van der Waals surface area contributed by atoms with Crippen LogP contribution in [0.2, 0.25) is 0 Å². The van der Waals surface area contributed by atoms with Crippen molar-refractivity contribution in [2.45, 2.75) is 47.6 Å². The minimum atomic E-state index is -0.448. The smallest absolute Gasteiger partial charge is 0.225 e. The van der Waals surface area contributed by atoms with Gasteiger partial charge in [0, 0.05) is 36.2 Å². The minimum absolute atomic E-state index is 0.0545. The molecule has 26 heavy (non-hydrogen) atoms. The number of hydrogen-bond acceptors (Lipinski definition) is 3. The summed E-state index contributed by atoms with van der Waals surface area (Å²) < 4.78 is 1.89. The van der Waals surface area contributed by atoms with E-state index in [9.17, 15) is 9.59 Å². The van der Waals surface area contributed by atoms with E-state index in [1.165, 1.54) is 0 Å². The molecule has 0 atom stereocenters. The molecule has 0 radical (unpaired) electrons. The van der Waals surface area contributed by atoms with Gasteiger partial charge < -0.3 is 10.6 Å². The van der Waals surface area contributed by atoms with Gasteiger partial charge in [-0.25, -0.2) is 4.68 Å². The van der Waals surface area contributed by atoms with Crippen molar-refractivity contribution in [2.75, 3.05) is 6.54 Å². The molecule has 0 saturated carbocycles. The van der Waals surface area contributed by atoms with Crippen LogP contribution >= 0.6 is 0 Å². The maximum atomic E-state index is 12.1. The summed E-state index contributed by atoms with van der Waals surface area (Å²) in [5, 5.41) is 10.3. The number of benzene rings is 1. The van der Waals surface area contributed by atoms with Gasteiger partial charge in [-0.05, 0) is 26.0 Å². The van der Waals surface area contributed by atoms with E-state index < -0.39 is 5.41 Å². The number of carbonyl (C=O) groups is 2. The predicted molar refractivity (Wildman–Crippen MR) is 102 cm³/mol. The van der Waals surface area contributed by atoms with E-state index in [1.54, 1.807) is 0 Å². The molecule has 1 aromatic carbocycles. The van der Waals surface area contributed by atoms with Crippen molar-refractivity contribution in [2.24, 2.45) is 5.41 Å². The highest BCUT2D eigenvalue weighted by molar-refractivity contribution is 5.82. The van der Waals surface area contributed by atoms with Crippen molar-refractivity contribution in [3.05, 3.63) is 47.3 Å². The fraction of sp³-hybridized carbons (Fsp3) is 0.450. The molecule has 140 valence electrons. The third kappa shape index (κ3) is 4.94. The Balaban J connectivity index is 1.91. The highest BCUT2D eigenvalue weighted by Gasteiger charge is 2.20. The lowest BCUT2D eigenvalue weighted by molar-refractivity contribution is -0.128. The Labute approximate surface area is 155 Å². The van der Waals surface area contributed by atoms with Crippen LogP contribution in [-0.2, 0) is 16.1 Å². The lowest BCUT2D eigenvalue weighted by Gasteiger charge is -2.17. The first-order valence-electron chi connectivity index (χ1n) is 8.85. The van der Waals surface area contributed by atoms with E-state index >= 15 is 0 Å². The van der Waals surface area contributed by atoms with Gasteiger partial charge in [0.1, 0.15) is 0 Å². The second kappa shape index (κ2) is 8.17. The number of rotatable bonds is 6. The number of carbonyl (C=O) groups excluding carboxylic acids is 2. The van der Waals surface area contributed by atoms with Crippen LogP contribution in [0.1, 0.15) is 44.1 Å². The van der Waals surface area contributed by atoms with Crippen LogP contribution in [0.4, 0.5) is 0 Å². The largest absolute Gasteiger partial charge is 0.355 e. The molecule has 6 nitrogen and oxygen atoms in total. The molecule has 0 aliphatic rings. The maximum absolute atomic E-state index is 12.1. The molecular weight excluding hydrogens is 328 g/mol. The van der Waals surface area contributed by atoms with Gasteiger partial charge in [0.2, 0.25) is 11.8 Å². The Morgan fingerprint density at radius 2 is 1.73 bits per heavy atom. The number of nitrogens with one attached hydrogen (secondary N) is 2. The van der Waals surface area contributed by atoms with E-state index in [2.05, 4.69) is 15.7 Å². The first kappa shape index (κ1) is 19.7. The third-order valence-corrected chi connectivity index (χ3v) is 4.22. The number of nitrogens with zero attached hydrogens (tertiary/aromatic N) is 2. The van der Waals surface area contributed by atoms with Gasteiger partial charge >= 0.3 is 0 Å². The van der Waals surface area contributed by atoms with Gasteiger partial charge in [-0.15, -0.1) is 0 Å². The number of aryl methyl sites for hydroxylation is 1. The molecule has 2 aromatic rings. The van der Waals surface area contributed by atoms with Gasteiger partial charge in [-0.1, -0.05) is 39.0 Å². The zero-order chi connectivity index (χ0) is 19.3. The lowest BCUT2D eigenvalue weighted by atomic mass is 9.96. The van der Waals surface area contributed by atoms with Crippen LogP contribution < -0.4 is 10.6 Å². The molecule has 2 N–H and O–H groups in total. The van der Waals surface area contributed by atoms with E-state index in [1.807, 2.05) is 69.6 Å². The Bertz CT molecular complexity index is 773. The minimum Gasteiger partial charge on any atom is -0.355 e. The Morgan fingerprint density at radius 1 is 1.08 bits per heavy atom. The lowest BCUT2D eigenvalue weighted by Crippen LogP contribution is -2.37. The molecule has 0 unspecified atom stereocenters. The molecule has 0 fully saturated rings. The molecule has 2 amide bonds. The molecule has 1 heterocycles. The number of para-hydroxylation sites is 1. The average Bonchev–Trinajstić information content (AvgIpc) is 2.87. The molecule has 2 rings (SSSR count). The van der Waals surface area contributed by atoms with Crippen molar-refractivity contribution in [3.63, 3.8) is 0 Å². The second-order valence-corrected chi connectivity index (χ2v) is 7.43. The topological polar surface area (TPSA) is 76.0 Å². The van der Waals surface area contributed by atoms with Crippen LogP contribution in [0, 0.1) is 19.3 Å². The Morgan fingerprint density at radius 3 is 2.35 bits per heavy atom. The highest BCUT2D eigenvalue weighted by Crippen LogP contribution is 2.17. The zero-order valence-corrected chi connectivity index (χ0v) is 16.2. The fourth-order valence-corrected chi connectivity index (χ4v) is 2.58. The molecular formula is C20H28N4O2. The number of hydrogen-bond donors (Lipinski definition) is 2. The quantitative estimate of drug-likeness (QED) is 0.835. The van der Waals surface area contributed by atoms with Crippen molar-refractivity contribution in [3.8, 4) is 5.69 Å². The fourth-order valence-electron chi connectivity index (χ4n) is 2.58. The van der Waals surface area contributed by atoms with Crippen LogP contribution in [0.3, 0.4) is 0 Å². The van der Waals surface area contributed by atoms with Gasteiger partial charge in [0.15, 0.2) is 0 Å². The van der Waals surface area contributed by atoms with Gasteiger partial charge in [-0.3, -0.25) is 9.59 Å². The van der Waals surface area contributed by atoms with Crippen LogP contribution in [0.5, 0.6) is 0 Å². The summed E-state index contributed by atoms with van der Waals surface area (Å²) in [5.41, 5.74) is 3.47. The monoisotopic (exact) mass is 356 g/mol. The maximum Gasteiger partial charge on any atom is 0.225 e. The molecule has 0 aliphatic heterocycles. The van der Waals surface area contributed by atoms with Crippen LogP contribution in [-0.4, -0.2) is 28.1 Å². The summed E-state index contributed by atoms with van der Waals surface area (Å²) in [5.74, 6) is -0.147. The van der Waals surface area contributed by atoms with Gasteiger partial charge in [-0.2, -0.15) is 5.10 Å². The Hall–Kier alpha value is -2.63. The molecule has 0 bridgehead atoms. The van der Waals surface area contributed by atoms with Crippen molar-refractivity contribution in [1.29, 1.82) is 0 Å². The summed E-state index contributed by atoms with van der Waals surface area (Å²) in [6.07, 6.45) is 0.257. The molecule has 0 spiro atoms. The van der Waals surface area contributed by atoms with E-state index in [0.29, 0.717) is 13.1 Å². The predicted octanol–water partition coefficient (Wildman–Crippen LogP) is 2.66. The van der Waals surface area contributed by atoms with E-state index in [4.69, 9.17) is 0 Å². The summed E-state index contributed by atoms with van der Waals surface area (Å²) in [7, 11) is 0. The standard InChI is InChI=1S/C20H28N4O2/c1-14-17(15(2)24(23-14)16-9-7-6-8-10-16)13-22-18(25)11-12-21-19(26)20(3,4)5/h6-10H,11-13H2,1-5H3,(H,21,26)(H,22,25). The normalized spacial score (nSPS) is 11.3. The van der Waals surface area contributed by atoms with Crippen molar-refractivity contribution in [1.82, 2.24) is 20.4 Å². The zero-order valence-electron chi connectivity index (χ0n) is 16.2. The summed E-state index contributed by atoms with van der Waals surface area (Å²) >= 11 is 0. The third-order valence-electron chi connectivity index (χ3n) is 4.22. The number of amides is 2. The Kier molecular flexibility index (Phi) is 6.18. The summed E-state index contributed by atoms with van der Waals surface area (Å²) in [6.45, 7) is 10.2. The number of aromatic nitrogens is 2. The molecule has 0 saturated heterocycles. The first-order chi connectivity index (χ1) is 12.2. The van der Waals surface area contributed by atoms with Gasteiger partial charge in [0.25, 0.3) is 0 Å². The van der Waals surface area contributed by atoms with Gasteiger partial charge in [0.05, 0.1) is 11.4 Å². The molecule has 6 heteroatoms. The summed E-state index contributed by atoms with van der Waals surface area (Å²) in [4.78, 5) is 23.9. The first-order valence-corrected chi connectivity index (χ1v) is 8.85. The van der Waals surface area contributed by atoms with Crippen molar-refractivity contribution < 1.29 is 9.59 Å². The van der Waals surface area contributed by atoms with E-state index in [-0.39, 0.29) is 18.2 Å². The second-order valence-electron chi connectivity index (χ2n) is 7.43. The SMILES string of the molecule is Cc1nn(-c2ccccc2)c(C)c1CNC(=O)CCNC(=O)C(C)(C)C. The van der Waals surface area contributed by atoms with Crippen molar-refractivity contribution >= 4 is 11.8 Å². The highest BCUT2D eigenvalue weighted by atomic mass is 16.2. The molecule has 0 aliphatic carbocycles.